The number of aromatic nitrogens is 3. The molecule has 0 aliphatic carbocycles. The highest BCUT2D eigenvalue weighted by Crippen LogP contribution is 2.36. The molecule has 3 aromatic rings. The van der Waals surface area contributed by atoms with E-state index in [2.05, 4.69) is 31.8 Å². The van der Waals surface area contributed by atoms with Crippen LogP contribution in [0.5, 0.6) is 0 Å². The summed E-state index contributed by atoms with van der Waals surface area (Å²) >= 11 is 1.56. The van der Waals surface area contributed by atoms with Crippen molar-refractivity contribution >= 4 is 23.4 Å². The first-order chi connectivity index (χ1) is 14.6. The van der Waals surface area contributed by atoms with Gasteiger partial charge in [-0.25, -0.2) is 0 Å². The van der Waals surface area contributed by atoms with Crippen molar-refractivity contribution < 1.29 is 9.66 Å². The molecule has 0 N–H and O–H groups in total. The minimum absolute atomic E-state index is 0.0128. The van der Waals surface area contributed by atoms with Gasteiger partial charge >= 0.3 is 0 Å². The first-order valence-corrected chi connectivity index (χ1v) is 10.7. The highest BCUT2D eigenvalue weighted by atomic mass is 32.2. The minimum Gasteiger partial charge on any atom is -0.378 e. The van der Waals surface area contributed by atoms with E-state index >= 15 is 0 Å². The minimum atomic E-state index is -0.366. The topological polar surface area (TPSA) is 86.3 Å². The van der Waals surface area contributed by atoms with Gasteiger partial charge in [0.05, 0.1) is 24.7 Å². The number of hydrogen-bond acceptors (Lipinski definition) is 7. The van der Waals surface area contributed by atoms with Gasteiger partial charge in [0.25, 0.3) is 5.69 Å². The van der Waals surface area contributed by atoms with Crippen molar-refractivity contribution in [1.82, 2.24) is 14.8 Å². The molecule has 156 valence electrons. The van der Waals surface area contributed by atoms with Crippen LogP contribution in [0.3, 0.4) is 0 Å². The molecule has 9 heteroatoms. The monoisotopic (exact) mass is 425 g/mol. The molecule has 8 nitrogen and oxygen atoms in total. The van der Waals surface area contributed by atoms with Gasteiger partial charge in [0, 0.05) is 30.5 Å². The lowest BCUT2D eigenvalue weighted by molar-refractivity contribution is -0.384. The van der Waals surface area contributed by atoms with Crippen LogP contribution in [0.25, 0.3) is 0 Å². The molecular weight excluding hydrogens is 402 g/mol. The van der Waals surface area contributed by atoms with Crippen molar-refractivity contribution in [2.45, 2.75) is 23.9 Å². The summed E-state index contributed by atoms with van der Waals surface area (Å²) in [6, 6.07) is 17.0. The normalized spacial score (nSPS) is 15.2. The zero-order chi connectivity index (χ0) is 20.9. The summed E-state index contributed by atoms with van der Waals surface area (Å²) in [5.74, 6) is 0.830. The highest BCUT2D eigenvalue weighted by Gasteiger charge is 2.23. The molecule has 0 amide bonds. The van der Waals surface area contributed by atoms with Crippen LogP contribution in [0.2, 0.25) is 0 Å². The lowest BCUT2D eigenvalue weighted by Gasteiger charge is -2.28. The molecule has 0 spiro atoms. The first kappa shape index (κ1) is 20.4. The van der Waals surface area contributed by atoms with Crippen LogP contribution in [0.15, 0.2) is 59.8 Å². The van der Waals surface area contributed by atoms with E-state index < -0.39 is 0 Å². The molecular formula is C21H23N5O3S. The lowest BCUT2D eigenvalue weighted by Crippen LogP contribution is -2.38. The summed E-state index contributed by atoms with van der Waals surface area (Å²) in [5, 5.41) is 20.9. The number of non-ortho nitro benzene ring substituents is 1. The number of rotatable bonds is 7. The number of nitro groups is 1. The van der Waals surface area contributed by atoms with Crippen LogP contribution < -0.4 is 4.90 Å². The Kier molecular flexibility index (Phi) is 6.29. The second kappa shape index (κ2) is 9.27. The zero-order valence-electron chi connectivity index (χ0n) is 16.7. The molecule has 1 saturated heterocycles. The lowest BCUT2D eigenvalue weighted by atomic mass is 10.1. The predicted octanol–water partition coefficient (Wildman–Crippen LogP) is 3.92. The third kappa shape index (κ3) is 4.63. The van der Waals surface area contributed by atoms with E-state index in [1.807, 2.05) is 31.2 Å². The number of anilines is 1. The van der Waals surface area contributed by atoms with Crippen molar-refractivity contribution in [3.8, 4) is 0 Å². The predicted molar refractivity (Wildman–Crippen MR) is 116 cm³/mol. The Labute approximate surface area is 179 Å². The number of nitrogens with zero attached hydrogens (tertiary/aromatic N) is 5. The largest absolute Gasteiger partial charge is 0.378 e. The van der Waals surface area contributed by atoms with E-state index in [1.165, 1.54) is 6.07 Å². The molecule has 1 aromatic heterocycles. The van der Waals surface area contributed by atoms with Gasteiger partial charge in [-0.3, -0.25) is 14.7 Å². The van der Waals surface area contributed by atoms with Crippen molar-refractivity contribution in [3.05, 3.63) is 75.8 Å². The van der Waals surface area contributed by atoms with Gasteiger partial charge in [0.2, 0.25) is 5.95 Å². The van der Waals surface area contributed by atoms with E-state index in [1.54, 1.807) is 23.9 Å². The number of thioether (sulfide) groups is 1. The van der Waals surface area contributed by atoms with Gasteiger partial charge in [-0.05, 0) is 18.1 Å². The van der Waals surface area contributed by atoms with Crippen molar-refractivity contribution in [3.63, 3.8) is 0 Å². The summed E-state index contributed by atoms with van der Waals surface area (Å²) in [5.41, 5.74) is 2.15. The molecule has 30 heavy (non-hydrogen) atoms. The van der Waals surface area contributed by atoms with E-state index in [0.29, 0.717) is 19.8 Å². The fourth-order valence-electron chi connectivity index (χ4n) is 3.39. The Hall–Kier alpha value is -2.91. The summed E-state index contributed by atoms with van der Waals surface area (Å²) < 4.78 is 7.60. The smallest absolute Gasteiger partial charge is 0.269 e. The summed E-state index contributed by atoms with van der Waals surface area (Å²) in [6.45, 7) is 5.58. The molecule has 2 aromatic carbocycles. The second-order valence-electron chi connectivity index (χ2n) is 7.07. The molecule has 1 aliphatic heterocycles. The molecule has 1 unspecified atom stereocenters. The van der Waals surface area contributed by atoms with Crippen molar-refractivity contribution in [2.24, 2.45) is 0 Å². The molecule has 1 fully saturated rings. The number of ether oxygens (including phenoxy) is 1. The van der Waals surface area contributed by atoms with Gasteiger partial charge in [0.1, 0.15) is 0 Å². The molecule has 0 saturated carbocycles. The average molecular weight is 426 g/mol. The molecule has 1 atom stereocenters. The van der Waals surface area contributed by atoms with E-state index in [-0.39, 0.29) is 15.9 Å². The maximum Gasteiger partial charge on any atom is 0.269 e. The number of benzene rings is 2. The number of hydrogen-bond donors (Lipinski definition) is 0. The number of nitro benzene ring substituents is 1. The summed E-state index contributed by atoms with van der Waals surface area (Å²) in [4.78, 5) is 13.0. The first-order valence-electron chi connectivity index (χ1n) is 9.82. The van der Waals surface area contributed by atoms with E-state index in [4.69, 9.17) is 4.74 Å². The highest BCUT2D eigenvalue weighted by molar-refractivity contribution is 7.99. The third-order valence-electron chi connectivity index (χ3n) is 5.01. The zero-order valence-corrected chi connectivity index (χ0v) is 17.5. The summed E-state index contributed by atoms with van der Waals surface area (Å²) in [7, 11) is 0. The Morgan fingerprint density at radius 1 is 1.13 bits per heavy atom. The fraction of sp³-hybridized carbons (Fsp3) is 0.333. The van der Waals surface area contributed by atoms with Gasteiger partial charge in [-0.15, -0.1) is 10.2 Å². The fourth-order valence-corrected chi connectivity index (χ4v) is 4.35. The van der Waals surface area contributed by atoms with E-state index in [9.17, 15) is 10.1 Å². The molecule has 0 radical (unpaired) electrons. The van der Waals surface area contributed by atoms with E-state index in [0.717, 1.165) is 35.3 Å². The summed E-state index contributed by atoms with van der Waals surface area (Å²) in [6.07, 6.45) is 0. The maximum absolute atomic E-state index is 11.1. The van der Waals surface area contributed by atoms with Gasteiger partial charge in [-0.2, -0.15) is 0 Å². The maximum atomic E-state index is 11.1. The van der Waals surface area contributed by atoms with Gasteiger partial charge < -0.3 is 9.64 Å². The molecule has 0 bridgehead atoms. The third-order valence-corrected chi connectivity index (χ3v) is 6.15. The van der Waals surface area contributed by atoms with Crippen molar-refractivity contribution in [2.75, 3.05) is 31.2 Å². The van der Waals surface area contributed by atoms with Crippen LogP contribution in [0.4, 0.5) is 11.6 Å². The van der Waals surface area contributed by atoms with Gasteiger partial charge in [0.15, 0.2) is 5.16 Å². The van der Waals surface area contributed by atoms with Crippen LogP contribution >= 0.6 is 11.8 Å². The van der Waals surface area contributed by atoms with Crippen molar-refractivity contribution in [1.29, 1.82) is 0 Å². The van der Waals surface area contributed by atoms with Crippen LogP contribution in [0.1, 0.15) is 23.3 Å². The standard InChI is InChI=1S/C21H23N5O3S/c1-16(18-8-5-9-19(14-18)26(27)28)30-21-23-22-20(24-10-12-29-13-11-24)25(21)15-17-6-3-2-4-7-17/h2-9,14,16H,10-13,15H2,1H3. The Morgan fingerprint density at radius 3 is 2.63 bits per heavy atom. The second-order valence-corrected chi connectivity index (χ2v) is 8.37. The Bertz CT molecular complexity index is 1000. The molecule has 4 rings (SSSR count). The quantitative estimate of drug-likeness (QED) is 0.322. The Balaban J connectivity index is 1.62. The number of morpholine rings is 1. The molecule has 2 heterocycles. The van der Waals surface area contributed by atoms with Gasteiger partial charge in [-0.1, -0.05) is 54.2 Å². The average Bonchev–Trinajstić information content (AvgIpc) is 3.17. The Morgan fingerprint density at radius 2 is 1.90 bits per heavy atom. The van der Waals surface area contributed by atoms with Crippen LogP contribution in [0, 0.1) is 10.1 Å². The SMILES string of the molecule is CC(Sc1nnc(N2CCOCC2)n1Cc1ccccc1)c1cccc([N+](=O)[O-])c1. The van der Waals surface area contributed by atoms with Crippen LogP contribution in [-0.2, 0) is 11.3 Å². The van der Waals surface area contributed by atoms with Crippen LogP contribution in [-0.4, -0.2) is 46.0 Å². The molecule has 1 aliphatic rings.